The van der Waals surface area contributed by atoms with Crippen molar-refractivity contribution >= 4 is 17.6 Å². The van der Waals surface area contributed by atoms with Crippen molar-refractivity contribution < 1.29 is 33.3 Å². The molecule has 1 heterocycles. The minimum absolute atomic E-state index is 0.346. The summed E-state index contributed by atoms with van der Waals surface area (Å²) in [5, 5.41) is 2.68. The highest BCUT2D eigenvalue weighted by Gasteiger charge is 2.20. The van der Waals surface area contributed by atoms with E-state index in [1.807, 2.05) is 13.0 Å². The third-order valence-electron chi connectivity index (χ3n) is 4.15. The van der Waals surface area contributed by atoms with E-state index in [1.165, 1.54) is 14.0 Å². The summed E-state index contributed by atoms with van der Waals surface area (Å²) in [5.74, 6) is 0.975. The van der Waals surface area contributed by atoms with E-state index in [1.54, 1.807) is 30.3 Å². The van der Waals surface area contributed by atoms with E-state index in [-0.39, 0.29) is 6.61 Å². The molecule has 1 amide bonds. The molecule has 1 aliphatic heterocycles. The first-order valence-corrected chi connectivity index (χ1v) is 9.13. The second-order valence-electron chi connectivity index (χ2n) is 6.42. The number of amides is 1. The number of rotatable bonds is 7. The fraction of sp³-hybridized carbons (Fsp3) is 0.333. The summed E-state index contributed by atoms with van der Waals surface area (Å²) < 4.78 is 26.7. The molecule has 1 aliphatic rings. The lowest BCUT2D eigenvalue weighted by Crippen LogP contribution is -2.31. The predicted octanol–water partition coefficient (Wildman–Crippen LogP) is 2.72. The monoisotopic (exact) mass is 401 g/mol. The van der Waals surface area contributed by atoms with Crippen molar-refractivity contribution in [3.63, 3.8) is 0 Å². The molecular weight excluding hydrogens is 378 g/mol. The lowest BCUT2D eigenvalue weighted by molar-refractivity contribution is -0.155. The minimum atomic E-state index is -1.00. The number of aryl methyl sites for hydroxylation is 1. The van der Waals surface area contributed by atoms with Gasteiger partial charge in [0.2, 0.25) is 0 Å². The van der Waals surface area contributed by atoms with E-state index in [4.69, 9.17) is 23.7 Å². The van der Waals surface area contributed by atoms with Crippen LogP contribution in [0.2, 0.25) is 0 Å². The van der Waals surface area contributed by atoms with Gasteiger partial charge in [-0.1, -0.05) is 6.07 Å². The van der Waals surface area contributed by atoms with Crippen molar-refractivity contribution in [2.45, 2.75) is 20.0 Å². The molecule has 2 aromatic rings. The van der Waals surface area contributed by atoms with Gasteiger partial charge in [0.05, 0.1) is 7.11 Å². The first-order valence-electron chi connectivity index (χ1n) is 9.13. The number of carbonyl (C=O) groups excluding carboxylic acids is 2. The summed E-state index contributed by atoms with van der Waals surface area (Å²) in [6.45, 7) is 3.99. The third kappa shape index (κ3) is 5.31. The molecule has 0 aliphatic carbocycles. The van der Waals surface area contributed by atoms with E-state index in [0.717, 1.165) is 5.56 Å². The summed E-state index contributed by atoms with van der Waals surface area (Å²) in [6, 6.07) is 10.4. The number of benzene rings is 2. The van der Waals surface area contributed by atoms with Crippen molar-refractivity contribution in [3.05, 3.63) is 42.0 Å². The largest absolute Gasteiger partial charge is 0.493 e. The van der Waals surface area contributed by atoms with Crippen molar-refractivity contribution in [1.82, 2.24) is 0 Å². The molecule has 8 nitrogen and oxygen atoms in total. The highest BCUT2D eigenvalue weighted by molar-refractivity contribution is 5.95. The van der Waals surface area contributed by atoms with E-state index in [0.29, 0.717) is 41.9 Å². The Morgan fingerprint density at radius 1 is 1.07 bits per heavy atom. The fourth-order valence-corrected chi connectivity index (χ4v) is 2.68. The molecule has 0 saturated carbocycles. The average molecular weight is 401 g/mol. The molecule has 1 atom stereocenters. The molecule has 8 heteroatoms. The van der Waals surface area contributed by atoms with E-state index in [9.17, 15) is 9.59 Å². The zero-order valence-corrected chi connectivity index (χ0v) is 16.5. The second-order valence-corrected chi connectivity index (χ2v) is 6.42. The number of anilines is 1. The standard InChI is InChI=1S/C21H23NO7/c1-13-4-6-16(18(10-13)25-3)28-12-20(23)29-14(2)21(24)22-15-5-7-17-19(11-15)27-9-8-26-17/h4-7,10-11,14H,8-9,12H2,1-3H3,(H,22,24). The zero-order valence-electron chi connectivity index (χ0n) is 16.5. The van der Waals surface area contributed by atoms with Gasteiger partial charge in [-0.3, -0.25) is 4.79 Å². The Labute approximate surface area is 168 Å². The number of carbonyl (C=O) groups is 2. The van der Waals surface area contributed by atoms with Crippen LogP contribution >= 0.6 is 0 Å². The number of methoxy groups -OCH3 is 1. The van der Waals surface area contributed by atoms with Gasteiger partial charge in [0.1, 0.15) is 13.2 Å². The Hall–Kier alpha value is -3.42. The van der Waals surface area contributed by atoms with Gasteiger partial charge in [-0.2, -0.15) is 0 Å². The Bertz CT molecular complexity index is 897. The van der Waals surface area contributed by atoms with Crippen molar-refractivity contribution in [1.29, 1.82) is 0 Å². The van der Waals surface area contributed by atoms with Gasteiger partial charge in [-0.25, -0.2) is 4.79 Å². The van der Waals surface area contributed by atoms with E-state index in [2.05, 4.69) is 5.32 Å². The lowest BCUT2D eigenvalue weighted by Gasteiger charge is -2.19. The van der Waals surface area contributed by atoms with Crippen LogP contribution in [-0.4, -0.2) is 44.9 Å². The molecule has 154 valence electrons. The van der Waals surface area contributed by atoms with Crippen LogP contribution in [0.1, 0.15) is 12.5 Å². The predicted molar refractivity (Wildman–Crippen MR) is 105 cm³/mol. The Morgan fingerprint density at radius 3 is 2.59 bits per heavy atom. The number of nitrogens with one attached hydrogen (secondary N) is 1. The van der Waals surface area contributed by atoms with Gasteiger partial charge in [-0.15, -0.1) is 0 Å². The number of hydrogen-bond donors (Lipinski definition) is 1. The highest BCUT2D eigenvalue weighted by atomic mass is 16.6. The SMILES string of the molecule is COc1cc(C)ccc1OCC(=O)OC(C)C(=O)Nc1ccc2c(c1)OCCO2. The van der Waals surface area contributed by atoms with Crippen molar-refractivity contribution in [3.8, 4) is 23.0 Å². The van der Waals surface area contributed by atoms with Gasteiger partial charge in [0.25, 0.3) is 5.91 Å². The molecule has 1 N–H and O–H groups in total. The minimum Gasteiger partial charge on any atom is -0.493 e. The number of ether oxygens (including phenoxy) is 5. The average Bonchev–Trinajstić information content (AvgIpc) is 2.72. The first kappa shape index (κ1) is 20.3. The lowest BCUT2D eigenvalue weighted by atomic mass is 10.2. The number of esters is 1. The van der Waals surface area contributed by atoms with Crippen LogP contribution in [0.3, 0.4) is 0 Å². The molecule has 0 spiro atoms. The molecule has 0 fully saturated rings. The van der Waals surface area contributed by atoms with Gasteiger partial charge in [0.15, 0.2) is 35.7 Å². The van der Waals surface area contributed by atoms with Gasteiger partial charge in [-0.05, 0) is 43.7 Å². The molecule has 1 unspecified atom stereocenters. The maximum absolute atomic E-state index is 12.3. The Balaban J connectivity index is 1.51. The first-order chi connectivity index (χ1) is 14.0. The van der Waals surface area contributed by atoms with Crippen LogP contribution in [0, 0.1) is 6.92 Å². The summed E-state index contributed by atoms with van der Waals surface area (Å²) in [4.78, 5) is 24.3. The zero-order chi connectivity index (χ0) is 20.8. The third-order valence-corrected chi connectivity index (χ3v) is 4.15. The maximum Gasteiger partial charge on any atom is 0.344 e. The van der Waals surface area contributed by atoms with Crippen molar-refractivity contribution in [2.24, 2.45) is 0 Å². The molecule has 3 rings (SSSR count). The smallest absolute Gasteiger partial charge is 0.344 e. The molecule has 0 saturated heterocycles. The summed E-state index contributed by atoms with van der Waals surface area (Å²) in [5.41, 5.74) is 1.52. The van der Waals surface area contributed by atoms with E-state index < -0.39 is 18.0 Å². The van der Waals surface area contributed by atoms with Gasteiger partial charge >= 0.3 is 5.97 Å². The van der Waals surface area contributed by atoms with Crippen molar-refractivity contribution in [2.75, 3.05) is 32.2 Å². The normalized spacial score (nSPS) is 13.2. The fourth-order valence-electron chi connectivity index (χ4n) is 2.68. The maximum atomic E-state index is 12.3. The molecule has 2 aromatic carbocycles. The molecule has 0 aromatic heterocycles. The summed E-state index contributed by atoms with van der Waals surface area (Å²) >= 11 is 0. The second kappa shape index (κ2) is 9.18. The van der Waals surface area contributed by atoms with Crippen LogP contribution in [0.25, 0.3) is 0 Å². The van der Waals surface area contributed by atoms with E-state index >= 15 is 0 Å². The number of hydrogen-bond acceptors (Lipinski definition) is 7. The molecule has 29 heavy (non-hydrogen) atoms. The number of fused-ring (bicyclic) bond motifs is 1. The summed E-state index contributed by atoms with van der Waals surface area (Å²) in [7, 11) is 1.52. The molecule has 0 bridgehead atoms. The van der Waals surface area contributed by atoms with Crippen LogP contribution in [-0.2, 0) is 14.3 Å². The molecular formula is C21H23NO7. The van der Waals surface area contributed by atoms with Crippen LogP contribution in [0.15, 0.2) is 36.4 Å². The highest BCUT2D eigenvalue weighted by Crippen LogP contribution is 2.32. The quantitative estimate of drug-likeness (QED) is 0.713. The summed E-state index contributed by atoms with van der Waals surface area (Å²) in [6.07, 6.45) is -1.00. The van der Waals surface area contributed by atoms with Crippen LogP contribution in [0.5, 0.6) is 23.0 Å². The topological polar surface area (TPSA) is 92.3 Å². The van der Waals surface area contributed by atoms with Gasteiger partial charge < -0.3 is 29.0 Å². The van der Waals surface area contributed by atoms with Crippen LogP contribution < -0.4 is 24.3 Å². The van der Waals surface area contributed by atoms with Crippen LogP contribution in [0.4, 0.5) is 5.69 Å². The Kier molecular flexibility index (Phi) is 6.43. The Morgan fingerprint density at radius 2 is 1.83 bits per heavy atom. The molecule has 0 radical (unpaired) electrons. The van der Waals surface area contributed by atoms with Gasteiger partial charge in [0, 0.05) is 11.8 Å².